The van der Waals surface area contributed by atoms with Gasteiger partial charge in [-0.3, -0.25) is 5.32 Å². The lowest BCUT2D eigenvalue weighted by Crippen LogP contribution is -2.12. The van der Waals surface area contributed by atoms with E-state index in [1.54, 1.807) is 0 Å². The van der Waals surface area contributed by atoms with Crippen LogP contribution in [0.2, 0.25) is 0 Å². The van der Waals surface area contributed by atoms with E-state index >= 15 is 0 Å². The van der Waals surface area contributed by atoms with Crippen molar-refractivity contribution in [2.45, 2.75) is 19.8 Å². The molecule has 1 aromatic rings. The van der Waals surface area contributed by atoms with Crippen LogP contribution in [0.1, 0.15) is 18.9 Å². The summed E-state index contributed by atoms with van der Waals surface area (Å²) in [5, 5.41) is 2.68. The monoisotopic (exact) mass is 231 g/mol. The Hall–Kier alpha value is -1.77. The van der Waals surface area contributed by atoms with Crippen molar-refractivity contribution in [1.82, 2.24) is 5.32 Å². The van der Waals surface area contributed by atoms with Gasteiger partial charge in [-0.2, -0.15) is 0 Å². The van der Waals surface area contributed by atoms with Crippen LogP contribution in [0.4, 0.5) is 4.79 Å². The van der Waals surface area contributed by atoms with Crippen LogP contribution in [0.3, 0.4) is 0 Å². The molecule has 1 fully saturated rings. The molecule has 1 amide bonds. The average molecular weight is 231 g/mol. The molecule has 1 aliphatic heterocycles. The van der Waals surface area contributed by atoms with Crippen molar-refractivity contribution < 1.29 is 9.53 Å². The number of allylic oxidation sites excluding steroid dienone is 1. The lowest BCUT2D eigenvalue weighted by Gasteiger charge is -2.07. The Morgan fingerprint density at radius 1 is 1.41 bits per heavy atom. The Morgan fingerprint density at radius 2 is 2.18 bits per heavy atom. The number of alkyl carbamates (subject to hydrolysis) is 1. The third-order valence-corrected chi connectivity index (χ3v) is 2.84. The molecule has 1 heterocycles. The minimum Gasteiger partial charge on any atom is -0.443 e. The first-order valence-electron chi connectivity index (χ1n) is 5.92. The molecular weight excluding hydrogens is 214 g/mol. The number of carbonyl (C=O) groups excluding carboxylic acids is 1. The molecule has 0 saturated carbocycles. The van der Waals surface area contributed by atoms with Crippen LogP contribution in [0, 0.1) is 5.92 Å². The zero-order chi connectivity index (χ0) is 12.1. The third kappa shape index (κ3) is 3.63. The number of carbonyl (C=O) groups is 1. The van der Waals surface area contributed by atoms with Crippen LogP contribution in [0.5, 0.6) is 0 Å². The molecule has 17 heavy (non-hydrogen) atoms. The van der Waals surface area contributed by atoms with Crippen molar-refractivity contribution >= 4 is 6.09 Å². The van der Waals surface area contributed by atoms with Gasteiger partial charge in [-0.25, -0.2) is 4.79 Å². The van der Waals surface area contributed by atoms with Crippen molar-refractivity contribution in [2.24, 2.45) is 5.92 Å². The first kappa shape index (κ1) is 11.7. The van der Waals surface area contributed by atoms with Crippen LogP contribution >= 0.6 is 0 Å². The highest BCUT2D eigenvalue weighted by atomic mass is 16.6. The number of benzene rings is 1. The smallest absolute Gasteiger partial charge is 0.411 e. The summed E-state index contributed by atoms with van der Waals surface area (Å²) in [5.74, 6) is 0.437. The van der Waals surface area contributed by atoms with Crippen molar-refractivity contribution in [3.63, 3.8) is 0 Å². The summed E-state index contributed by atoms with van der Waals surface area (Å²) in [7, 11) is 0. The first-order valence-corrected chi connectivity index (χ1v) is 5.92. The van der Waals surface area contributed by atoms with Crippen molar-refractivity contribution in [2.75, 3.05) is 6.61 Å². The molecule has 0 aromatic heterocycles. The number of cyclic esters (lactones) is 1. The van der Waals surface area contributed by atoms with Gasteiger partial charge in [-0.05, 0) is 24.3 Å². The Balaban J connectivity index is 1.82. The number of ether oxygens (including phenoxy) is 1. The van der Waals surface area contributed by atoms with Crippen molar-refractivity contribution in [1.29, 1.82) is 0 Å². The summed E-state index contributed by atoms with van der Waals surface area (Å²) in [4.78, 5) is 10.8. The molecule has 1 N–H and O–H groups in total. The Kier molecular flexibility index (Phi) is 3.81. The maximum Gasteiger partial charge on any atom is 0.411 e. The molecule has 0 aliphatic carbocycles. The van der Waals surface area contributed by atoms with Crippen LogP contribution < -0.4 is 5.32 Å². The van der Waals surface area contributed by atoms with E-state index in [9.17, 15) is 4.79 Å². The van der Waals surface area contributed by atoms with Gasteiger partial charge in [-0.15, -0.1) is 0 Å². The molecule has 3 nitrogen and oxygen atoms in total. The number of hydrogen-bond acceptors (Lipinski definition) is 2. The van der Waals surface area contributed by atoms with Gasteiger partial charge >= 0.3 is 6.09 Å². The zero-order valence-corrected chi connectivity index (χ0v) is 9.98. The summed E-state index contributed by atoms with van der Waals surface area (Å²) in [5.41, 5.74) is 2.24. The van der Waals surface area contributed by atoms with E-state index in [0.717, 1.165) is 18.5 Å². The predicted octanol–water partition coefficient (Wildman–Crippen LogP) is 2.88. The number of aryl methyl sites for hydroxylation is 1. The molecule has 1 atom stereocenters. The Bertz CT molecular complexity index is 411. The van der Waals surface area contributed by atoms with Gasteiger partial charge in [0.25, 0.3) is 0 Å². The normalized spacial score (nSPS) is 18.9. The quantitative estimate of drug-likeness (QED) is 0.865. The maximum atomic E-state index is 10.8. The molecule has 1 aromatic carbocycles. The largest absolute Gasteiger partial charge is 0.443 e. The van der Waals surface area contributed by atoms with Gasteiger partial charge in [-0.1, -0.05) is 43.3 Å². The third-order valence-electron chi connectivity index (χ3n) is 2.84. The van der Waals surface area contributed by atoms with Gasteiger partial charge in [0, 0.05) is 0 Å². The minimum atomic E-state index is -0.341. The summed E-state index contributed by atoms with van der Waals surface area (Å²) in [6.07, 6.45) is 3.86. The van der Waals surface area contributed by atoms with E-state index in [1.165, 1.54) is 5.56 Å². The highest BCUT2D eigenvalue weighted by Crippen LogP contribution is 2.13. The molecule has 0 bridgehead atoms. The van der Waals surface area contributed by atoms with E-state index in [4.69, 9.17) is 4.74 Å². The molecule has 1 unspecified atom stereocenters. The molecule has 2 rings (SSSR count). The highest BCUT2D eigenvalue weighted by molar-refractivity contribution is 5.72. The minimum absolute atomic E-state index is 0.341. The van der Waals surface area contributed by atoms with Crippen LogP contribution in [0.15, 0.2) is 42.1 Å². The van der Waals surface area contributed by atoms with Gasteiger partial charge < -0.3 is 4.74 Å². The lowest BCUT2D eigenvalue weighted by molar-refractivity contribution is 0.179. The summed E-state index contributed by atoms with van der Waals surface area (Å²) < 4.78 is 4.81. The topological polar surface area (TPSA) is 38.3 Å². The van der Waals surface area contributed by atoms with E-state index in [1.807, 2.05) is 6.07 Å². The van der Waals surface area contributed by atoms with Gasteiger partial charge in [0.15, 0.2) is 0 Å². The van der Waals surface area contributed by atoms with Crippen LogP contribution in [-0.2, 0) is 11.2 Å². The molecular formula is C14H17NO2. The summed E-state index contributed by atoms with van der Waals surface area (Å²) >= 11 is 0. The van der Waals surface area contributed by atoms with Gasteiger partial charge in [0.2, 0.25) is 0 Å². The fraction of sp³-hybridized carbons (Fsp3) is 0.357. The van der Waals surface area contributed by atoms with E-state index in [-0.39, 0.29) is 6.09 Å². The summed E-state index contributed by atoms with van der Waals surface area (Å²) in [6.45, 7) is 2.54. The second kappa shape index (κ2) is 5.53. The highest BCUT2D eigenvalue weighted by Gasteiger charge is 2.15. The Labute approximate surface area is 101 Å². The van der Waals surface area contributed by atoms with E-state index in [0.29, 0.717) is 12.5 Å². The standard InChI is InChI=1S/C14H17NO2/c1-11(9-13-10-17-14(16)15-13)7-8-12-5-3-2-4-6-12/h2-6,9,11H,7-8,10H2,1H3,(H,15,16)/b13-9-. The first-order chi connectivity index (χ1) is 8.24. The van der Waals surface area contributed by atoms with Crippen molar-refractivity contribution in [3.8, 4) is 0 Å². The maximum absolute atomic E-state index is 10.8. The number of amides is 1. The zero-order valence-electron chi connectivity index (χ0n) is 9.98. The van der Waals surface area contributed by atoms with Crippen LogP contribution in [0.25, 0.3) is 0 Å². The van der Waals surface area contributed by atoms with Crippen molar-refractivity contribution in [3.05, 3.63) is 47.7 Å². The Morgan fingerprint density at radius 3 is 2.82 bits per heavy atom. The van der Waals surface area contributed by atoms with Crippen LogP contribution in [-0.4, -0.2) is 12.7 Å². The average Bonchev–Trinajstić information content (AvgIpc) is 2.73. The fourth-order valence-corrected chi connectivity index (χ4v) is 1.90. The van der Waals surface area contributed by atoms with Gasteiger partial charge in [0.1, 0.15) is 6.61 Å². The molecule has 0 spiro atoms. The molecule has 0 radical (unpaired) electrons. The van der Waals surface area contributed by atoms with Gasteiger partial charge in [0.05, 0.1) is 5.70 Å². The number of hydrogen-bond donors (Lipinski definition) is 1. The lowest BCUT2D eigenvalue weighted by atomic mass is 10.0. The fourth-order valence-electron chi connectivity index (χ4n) is 1.90. The number of nitrogens with one attached hydrogen (secondary N) is 1. The number of rotatable bonds is 4. The second-order valence-corrected chi connectivity index (χ2v) is 4.39. The summed E-state index contributed by atoms with van der Waals surface area (Å²) in [6, 6.07) is 10.4. The molecule has 90 valence electrons. The SMILES string of the molecule is CC(/C=C1/COC(=O)N1)CCc1ccccc1. The second-order valence-electron chi connectivity index (χ2n) is 4.39. The predicted molar refractivity (Wildman–Crippen MR) is 66.5 cm³/mol. The molecule has 3 heteroatoms. The molecule has 1 saturated heterocycles. The molecule has 1 aliphatic rings. The van der Waals surface area contributed by atoms with E-state index < -0.39 is 0 Å². The van der Waals surface area contributed by atoms with E-state index in [2.05, 4.69) is 42.6 Å².